The van der Waals surface area contributed by atoms with Crippen molar-refractivity contribution in [1.29, 1.82) is 0 Å². The third kappa shape index (κ3) is 97.9. The van der Waals surface area contributed by atoms with Gasteiger partial charge in [0.05, 0.1) is 0 Å². The smallest absolute Gasteiger partial charge is 0.179 e. The molecule has 4 nitrogen and oxygen atoms in total. The normalized spacial score (nSPS) is 12.3. The average molecular weight is 491 g/mol. The van der Waals surface area contributed by atoms with E-state index in [1.165, 1.54) is 0 Å². The zero-order valence-corrected chi connectivity index (χ0v) is 19.9. The standard InChI is InChI=1S/C4H10N.2C4H9N.C3H10OSi.Re/c3*1-4(2,3)5;1-5(2,3)4;/h5H,1-3H3;2*1-3H3;4H,1-3H3;/q-1;;;;. The fourth-order valence-electron chi connectivity index (χ4n) is 0.246. The van der Waals surface area contributed by atoms with Crippen molar-refractivity contribution in [2.75, 3.05) is 0 Å². The van der Waals surface area contributed by atoms with Crippen molar-refractivity contribution in [1.82, 2.24) is 0 Å². The number of nitrogens with one attached hydrogen (secondary N) is 1. The maximum Gasteiger partial charge on any atom is 0.179 e. The van der Waals surface area contributed by atoms with Crippen LogP contribution in [0, 0.1) is 0 Å². The number of nitrogens with zero attached hydrogens (tertiary/aromatic N) is 2. The van der Waals surface area contributed by atoms with Gasteiger partial charge < -0.3 is 10.5 Å². The molecular formula is C15H38N3OReSi-. The van der Waals surface area contributed by atoms with E-state index in [-0.39, 0.29) is 16.6 Å². The number of hydrogen-bond donors (Lipinski definition) is 1. The quantitative estimate of drug-likeness (QED) is 0.436. The van der Waals surface area contributed by atoms with Crippen molar-refractivity contribution < 1.29 is 22.4 Å². The van der Waals surface area contributed by atoms with Crippen molar-refractivity contribution in [2.45, 2.75) is 98.6 Å². The van der Waals surface area contributed by atoms with Crippen LogP contribution in [-0.4, -0.2) is 29.7 Å². The summed E-state index contributed by atoms with van der Waals surface area (Å²) in [6.07, 6.45) is 0. The molecule has 0 saturated carbocycles. The Balaban J connectivity index is -0.000000270. The van der Waals surface area contributed by atoms with Crippen molar-refractivity contribution in [3.63, 3.8) is 0 Å². The van der Waals surface area contributed by atoms with E-state index >= 15 is 0 Å². The van der Waals surface area contributed by atoms with Gasteiger partial charge in [0.15, 0.2) is 8.32 Å². The molecule has 131 valence electrons. The van der Waals surface area contributed by atoms with Crippen LogP contribution in [0.25, 0.3) is 5.73 Å². The number of rotatable bonds is 0. The van der Waals surface area contributed by atoms with E-state index in [1.54, 1.807) is 0 Å². The Labute approximate surface area is 142 Å². The first-order valence-corrected chi connectivity index (χ1v) is 13.1. The molecule has 0 bridgehead atoms. The second-order valence-corrected chi connectivity index (χ2v) is 15.1. The SMILES string of the molecule is CC(C)(C)[NH-].CC(C)(C)[N]=[Re]=[N]C(C)(C)C.C[Si](C)(C)O. The average Bonchev–Trinajstić information content (AvgIpc) is 1.89. The van der Waals surface area contributed by atoms with Crippen LogP contribution in [0.2, 0.25) is 19.6 Å². The Bertz CT molecular complexity index is 283. The van der Waals surface area contributed by atoms with Crippen molar-refractivity contribution in [2.24, 2.45) is 7.14 Å². The topological polar surface area (TPSA) is 68.8 Å². The molecule has 0 unspecified atom stereocenters. The van der Waals surface area contributed by atoms with Gasteiger partial charge in [0, 0.05) is 0 Å². The van der Waals surface area contributed by atoms with Crippen molar-refractivity contribution >= 4 is 8.32 Å². The molecule has 0 aromatic carbocycles. The first-order chi connectivity index (χ1) is 8.71. The first kappa shape index (κ1) is 26.3. The molecule has 0 aliphatic heterocycles. The third-order valence-corrected chi connectivity index (χ3v) is 4.77. The molecule has 0 spiro atoms. The zero-order valence-electron chi connectivity index (χ0n) is 16.2. The molecule has 0 radical (unpaired) electrons. The van der Waals surface area contributed by atoms with Gasteiger partial charge in [-0.2, -0.15) is 0 Å². The fourth-order valence-corrected chi connectivity index (χ4v) is 2.01. The van der Waals surface area contributed by atoms with Gasteiger partial charge in [-0.3, -0.25) is 0 Å². The molecule has 0 atom stereocenters. The summed E-state index contributed by atoms with van der Waals surface area (Å²) < 4.78 is 9.06. The van der Waals surface area contributed by atoms with Crippen molar-refractivity contribution in [3.8, 4) is 0 Å². The molecular weight excluding hydrogens is 452 g/mol. The summed E-state index contributed by atoms with van der Waals surface area (Å²) in [5.41, 5.74) is 6.92. The van der Waals surface area contributed by atoms with E-state index < -0.39 is 25.9 Å². The Morgan fingerprint density at radius 3 is 1.00 bits per heavy atom. The van der Waals surface area contributed by atoms with Crippen LogP contribution in [0.4, 0.5) is 0 Å². The van der Waals surface area contributed by atoms with E-state index in [2.05, 4.69) is 48.7 Å². The van der Waals surface area contributed by atoms with Crippen LogP contribution in [0.3, 0.4) is 0 Å². The van der Waals surface area contributed by atoms with E-state index in [9.17, 15) is 0 Å². The second kappa shape index (κ2) is 10.2. The third-order valence-electron chi connectivity index (χ3n) is 0.583. The molecule has 2 N–H and O–H groups in total. The van der Waals surface area contributed by atoms with Gasteiger partial charge in [-0.25, -0.2) is 0 Å². The number of hydrogen-bond acceptors (Lipinski definition) is 3. The minimum atomic E-state index is -1.61. The molecule has 0 fully saturated rings. The summed E-state index contributed by atoms with van der Waals surface area (Å²) in [6.45, 7) is 24.0. The maximum absolute atomic E-state index is 8.66. The van der Waals surface area contributed by atoms with E-state index in [1.807, 2.05) is 40.4 Å². The Hall–Kier alpha value is 0.399. The molecule has 0 saturated heterocycles. The molecule has 0 aliphatic rings. The van der Waals surface area contributed by atoms with Gasteiger partial charge in [-0.15, -0.1) is 5.54 Å². The van der Waals surface area contributed by atoms with Gasteiger partial charge >= 0.3 is 77.4 Å². The predicted molar refractivity (Wildman–Crippen MR) is 94.0 cm³/mol. The van der Waals surface area contributed by atoms with Gasteiger partial charge in [0.2, 0.25) is 0 Å². The van der Waals surface area contributed by atoms with Crippen LogP contribution >= 0.6 is 0 Å². The molecule has 21 heavy (non-hydrogen) atoms. The van der Waals surface area contributed by atoms with Crippen LogP contribution in [0.5, 0.6) is 0 Å². The van der Waals surface area contributed by atoms with Crippen molar-refractivity contribution in [3.05, 3.63) is 5.73 Å². The van der Waals surface area contributed by atoms with E-state index in [4.69, 9.17) is 10.5 Å². The summed E-state index contributed by atoms with van der Waals surface area (Å²) in [6, 6.07) is 0. The summed E-state index contributed by atoms with van der Waals surface area (Å²) in [4.78, 5) is 8.66. The zero-order chi connectivity index (χ0) is 18.1. The minimum Gasteiger partial charge on any atom is -0.433 e. The van der Waals surface area contributed by atoms with Crippen LogP contribution in [0.15, 0.2) is 7.14 Å². The van der Waals surface area contributed by atoms with E-state index in [0.717, 1.165) is 0 Å². The Morgan fingerprint density at radius 2 is 0.905 bits per heavy atom. The van der Waals surface area contributed by atoms with Crippen LogP contribution in [0.1, 0.15) is 62.3 Å². The molecule has 0 aromatic heterocycles. The summed E-state index contributed by atoms with van der Waals surface area (Å²) in [7, 11) is -1.61. The predicted octanol–water partition coefficient (Wildman–Crippen LogP) is 5.68. The van der Waals surface area contributed by atoms with Crippen LogP contribution in [-0.2, 0) is 17.6 Å². The monoisotopic (exact) mass is 491 g/mol. The van der Waals surface area contributed by atoms with Gasteiger partial charge in [0.1, 0.15) is 0 Å². The molecule has 0 rings (SSSR count). The van der Waals surface area contributed by atoms with Gasteiger partial charge in [-0.05, 0) is 19.6 Å². The molecule has 0 heterocycles. The summed E-state index contributed by atoms with van der Waals surface area (Å²) in [5, 5.41) is 0. The van der Waals surface area contributed by atoms with Crippen LogP contribution < -0.4 is 0 Å². The van der Waals surface area contributed by atoms with E-state index in [0.29, 0.717) is 0 Å². The minimum absolute atomic E-state index is 0.118. The molecule has 0 aromatic rings. The maximum atomic E-state index is 8.66. The molecule has 6 heteroatoms. The fraction of sp³-hybridized carbons (Fsp3) is 1.00. The second-order valence-electron chi connectivity index (χ2n) is 9.01. The first-order valence-electron chi connectivity index (χ1n) is 7.26. The summed E-state index contributed by atoms with van der Waals surface area (Å²) >= 11 is -0.664. The summed E-state index contributed by atoms with van der Waals surface area (Å²) in [5.74, 6) is 0. The Kier molecular flexibility index (Phi) is 12.8. The molecule has 0 aliphatic carbocycles. The molecule has 0 amide bonds. The van der Waals surface area contributed by atoms with Gasteiger partial charge in [0.25, 0.3) is 0 Å². The largest absolute Gasteiger partial charge is 0.433 e. The van der Waals surface area contributed by atoms with Gasteiger partial charge in [-0.1, -0.05) is 20.8 Å². The Morgan fingerprint density at radius 1 is 0.762 bits per heavy atom.